The lowest BCUT2D eigenvalue weighted by Crippen LogP contribution is -2.19. The van der Waals surface area contributed by atoms with E-state index in [0.29, 0.717) is 11.3 Å². The van der Waals surface area contributed by atoms with Crippen LogP contribution in [-0.2, 0) is 17.4 Å². The van der Waals surface area contributed by atoms with Crippen LogP contribution in [0.3, 0.4) is 0 Å². The number of halogens is 3. The Kier molecular flexibility index (Phi) is 5.87. The Balaban J connectivity index is 1.76. The molecule has 0 aliphatic carbocycles. The highest BCUT2D eigenvalue weighted by molar-refractivity contribution is 5.84. The van der Waals surface area contributed by atoms with Gasteiger partial charge in [0, 0.05) is 22.6 Å². The van der Waals surface area contributed by atoms with E-state index in [1.165, 1.54) is 12.3 Å². The van der Waals surface area contributed by atoms with Crippen molar-refractivity contribution in [1.82, 2.24) is 9.99 Å². The second-order valence-corrected chi connectivity index (χ2v) is 6.67. The number of carbonyl (C=O) groups excluding carboxylic acids is 1. The summed E-state index contributed by atoms with van der Waals surface area (Å²) in [5.41, 5.74) is 5.27. The van der Waals surface area contributed by atoms with Gasteiger partial charge in [-0.3, -0.25) is 4.79 Å². The number of rotatable bonds is 5. The van der Waals surface area contributed by atoms with Gasteiger partial charge in [0.1, 0.15) is 0 Å². The lowest BCUT2D eigenvalue weighted by molar-refractivity contribution is -0.137. The fourth-order valence-electron chi connectivity index (χ4n) is 3.13. The van der Waals surface area contributed by atoms with Crippen molar-refractivity contribution in [1.29, 1.82) is 0 Å². The van der Waals surface area contributed by atoms with Crippen LogP contribution in [0.15, 0.2) is 65.8 Å². The van der Waals surface area contributed by atoms with Crippen LogP contribution >= 0.6 is 0 Å². The second kappa shape index (κ2) is 8.34. The van der Waals surface area contributed by atoms with E-state index < -0.39 is 11.7 Å². The van der Waals surface area contributed by atoms with Gasteiger partial charge in [0.05, 0.1) is 18.2 Å². The molecule has 0 spiro atoms. The van der Waals surface area contributed by atoms with Crippen LogP contribution in [0.25, 0.3) is 5.69 Å². The van der Waals surface area contributed by atoms with Gasteiger partial charge in [-0.05, 0) is 43.7 Å². The molecule has 0 aliphatic rings. The number of nitrogens with zero attached hydrogens (tertiary/aromatic N) is 2. The van der Waals surface area contributed by atoms with Crippen molar-refractivity contribution in [2.75, 3.05) is 0 Å². The summed E-state index contributed by atoms with van der Waals surface area (Å²) in [7, 11) is 0. The zero-order valence-electron chi connectivity index (χ0n) is 16.0. The van der Waals surface area contributed by atoms with Crippen molar-refractivity contribution in [3.8, 4) is 5.69 Å². The maximum absolute atomic E-state index is 13.0. The molecule has 3 aromatic rings. The highest BCUT2D eigenvalue weighted by Gasteiger charge is 2.30. The molecule has 2 aromatic carbocycles. The van der Waals surface area contributed by atoms with E-state index >= 15 is 0 Å². The molecule has 1 aromatic heterocycles. The number of aryl methyl sites for hydroxylation is 1. The van der Waals surface area contributed by atoms with Gasteiger partial charge in [-0.2, -0.15) is 18.3 Å². The van der Waals surface area contributed by atoms with Crippen LogP contribution in [-0.4, -0.2) is 16.7 Å². The minimum absolute atomic E-state index is 0.210. The molecule has 1 N–H and O–H groups in total. The largest absolute Gasteiger partial charge is 0.416 e. The van der Waals surface area contributed by atoms with E-state index in [9.17, 15) is 18.0 Å². The van der Waals surface area contributed by atoms with Crippen LogP contribution in [0.5, 0.6) is 0 Å². The first kappa shape index (κ1) is 20.4. The van der Waals surface area contributed by atoms with Gasteiger partial charge in [-0.25, -0.2) is 5.43 Å². The van der Waals surface area contributed by atoms with Crippen molar-refractivity contribution in [2.24, 2.45) is 5.10 Å². The van der Waals surface area contributed by atoms with E-state index in [-0.39, 0.29) is 12.3 Å². The van der Waals surface area contributed by atoms with Gasteiger partial charge in [0.25, 0.3) is 0 Å². The van der Waals surface area contributed by atoms with Gasteiger partial charge < -0.3 is 4.57 Å². The van der Waals surface area contributed by atoms with E-state index in [4.69, 9.17) is 0 Å². The summed E-state index contributed by atoms with van der Waals surface area (Å²) in [5.74, 6) is -0.251. The molecule has 0 bridgehead atoms. The summed E-state index contributed by atoms with van der Waals surface area (Å²) in [4.78, 5) is 12.0. The average molecular weight is 399 g/mol. The number of hydrogen-bond donors (Lipinski definition) is 1. The molecular weight excluding hydrogens is 379 g/mol. The van der Waals surface area contributed by atoms with E-state index in [1.54, 1.807) is 24.5 Å². The van der Waals surface area contributed by atoms with Crippen molar-refractivity contribution in [3.05, 3.63) is 88.7 Å². The van der Waals surface area contributed by atoms with E-state index in [2.05, 4.69) is 10.5 Å². The smallest absolute Gasteiger partial charge is 0.318 e. The highest BCUT2D eigenvalue weighted by atomic mass is 19.4. The van der Waals surface area contributed by atoms with E-state index in [1.807, 2.05) is 36.4 Å². The van der Waals surface area contributed by atoms with Crippen molar-refractivity contribution >= 4 is 12.1 Å². The Morgan fingerprint density at radius 1 is 1.07 bits per heavy atom. The van der Waals surface area contributed by atoms with Gasteiger partial charge >= 0.3 is 6.18 Å². The summed E-state index contributed by atoms with van der Waals surface area (Å²) < 4.78 is 40.8. The van der Waals surface area contributed by atoms with Crippen molar-refractivity contribution in [3.63, 3.8) is 0 Å². The molecule has 0 aliphatic heterocycles. The quantitative estimate of drug-likeness (QED) is 0.486. The van der Waals surface area contributed by atoms with Gasteiger partial charge in [-0.15, -0.1) is 0 Å². The molecule has 7 heteroatoms. The Labute approximate surface area is 166 Å². The molecule has 0 fully saturated rings. The minimum atomic E-state index is -4.40. The topological polar surface area (TPSA) is 46.4 Å². The van der Waals surface area contributed by atoms with Crippen LogP contribution in [0, 0.1) is 13.8 Å². The maximum atomic E-state index is 13.0. The summed E-state index contributed by atoms with van der Waals surface area (Å²) in [5, 5.41) is 3.99. The number of benzene rings is 2. The van der Waals surface area contributed by atoms with Crippen LogP contribution < -0.4 is 5.43 Å². The summed E-state index contributed by atoms with van der Waals surface area (Å²) in [6.07, 6.45) is -2.70. The predicted octanol–water partition coefficient (Wildman–Crippen LogP) is 4.81. The number of hydrazone groups is 1. The fourth-order valence-corrected chi connectivity index (χ4v) is 3.13. The average Bonchev–Trinajstić information content (AvgIpc) is 2.95. The number of aromatic nitrogens is 1. The van der Waals surface area contributed by atoms with Crippen LogP contribution in [0.4, 0.5) is 13.2 Å². The second-order valence-electron chi connectivity index (χ2n) is 6.67. The zero-order valence-corrected chi connectivity index (χ0v) is 16.0. The number of carbonyl (C=O) groups is 1. The van der Waals surface area contributed by atoms with Crippen molar-refractivity contribution in [2.45, 2.75) is 26.4 Å². The fraction of sp³-hybridized carbons (Fsp3) is 0.182. The first-order valence-corrected chi connectivity index (χ1v) is 8.98. The lowest BCUT2D eigenvalue weighted by Gasteiger charge is -2.13. The van der Waals surface area contributed by atoms with Gasteiger partial charge in [-0.1, -0.05) is 36.4 Å². The number of alkyl halides is 3. The highest BCUT2D eigenvalue weighted by Crippen LogP contribution is 2.31. The SMILES string of the molecule is Cc1cc(/C=N\NC(=O)Cc2ccccc2)c(C)n1-c1cccc(C(F)(F)F)c1. The molecule has 0 saturated heterocycles. The van der Waals surface area contributed by atoms with Gasteiger partial charge in [0.15, 0.2) is 0 Å². The Morgan fingerprint density at radius 2 is 1.79 bits per heavy atom. The first-order valence-electron chi connectivity index (χ1n) is 8.98. The number of amides is 1. The zero-order chi connectivity index (χ0) is 21.0. The molecule has 0 saturated carbocycles. The molecule has 1 heterocycles. The predicted molar refractivity (Wildman–Crippen MR) is 106 cm³/mol. The number of hydrogen-bond acceptors (Lipinski definition) is 2. The van der Waals surface area contributed by atoms with Crippen LogP contribution in [0.2, 0.25) is 0 Å². The molecule has 1 amide bonds. The normalized spacial score (nSPS) is 11.8. The summed E-state index contributed by atoms with van der Waals surface area (Å²) in [6.45, 7) is 3.60. The Morgan fingerprint density at radius 3 is 2.48 bits per heavy atom. The lowest BCUT2D eigenvalue weighted by atomic mass is 10.1. The summed E-state index contributed by atoms with van der Waals surface area (Å²) in [6, 6.07) is 16.3. The third-order valence-electron chi connectivity index (χ3n) is 4.50. The first-order chi connectivity index (χ1) is 13.8. The monoisotopic (exact) mass is 399 g/mol. The molecule has 4 nitrogen and oxygen atoms in total. The molecule has 29 heavy (non-hydrogen) atoms. The molecule has 0 unspecified atom stereocenters. The maximum Gasteiger partial charge on any atom is 0.416 e. The molecular formula is C22H20F3N3O. The van der Waals surface area contributed by atoms with Gasteiger partial charge in [0.2, 0.25) is 5.91 Å². The minimum Gasteiger partial charge on any atom is -0.318 e. The Hall–Kier alpha value is -3.35. The molecule has 0 radical (unpaired) electrons. The number of nitrogens with one attached hydrogen (secondary N) is 1. The summed E-state index contributed by atoms with van der Waals surface area (Å²) >= 11 is 0. The third-order valence-corrected chi connectivity index (χ3v) is 4.50. The standard InChI is InChI=1S/C22H20F3N3O/c1-15-11-18(14-26-27-21(29)12-17-7-4-3-5-8-17)16(2)28(15)20-10-6-9-19(13-20)22(23,24)25/h3-11,13-14H,12H2,1-2H3,(H,27,29)/b26-14-. The Bertz CT molecular complexity index is 1040. The molecule has 0 atom stereocenters. The van der Waals surface area contributed by atoms with Crippen LogP contribution in [0.1, 0.15) is 28.1 Å². The van der Waals surface area contributed by atoms with Crippen molar-refractivity contribution < 1.29 is 18.0 Å². The third kappa shape index (κ3) is 4.93. The van der Waals surface area contributed by atoms with E-state index in [0.717, 1.165) is 29.1 Å². The molecule has 3 rings (SSSR count). The molecule has 150 valence electrons.